The zero-order chi connectivity index (χ0) is 18.7. The van der Waals surface area contributed by atoms with E-state index in [1.54, 1.807) is 18.2 Å². The maximum Gasteiger partial charge on any atom is 0.407 e. The molecular formula is C20H19ClN2O3. The molecule has 0 radical (unpaired) electrons. The lowest BCUT2D eigenvalue weighted by Gasteiger charge is -2.42. The number of nitriles is 1. The van der Waals surface area contributed by atoms with Gasteiger partial charge in [0.05, 0.1) is 23.1 Å². The molecule has 6 heteroatoms. The van der Waals surface area contributed by atoms with Gasteiger partial charge in [-0.25, -0.2) is 4.79 Å². The zero-order valence-electron chi connectivity index (χ0n) is 14.5. The largest absolute Gasteiger partial charge is 0.485 e. The van der Waals surface area contributed by atoms with Crippen molar-refractivity contribution in [2.45, 2.75) is 37.5 Å². The lowest BCUT2D eigenvalue weighted by atomic mass is 9.87. The molecular weight excluding hydrogens is 352 g/mol. The van der Waals surface area contributed by atoms with Crippen molar-refractivity contribution in [3.63, 3.8) is 0 Å². The molecule has 1 N–H and O–H groups in total. The Kier molecular flexibility index (Phi) is 5.06. The van der Waals surface area contributed by atoms with E-state index in [-0.39, 0.29) is 6.61 Å². The van der Waals surface area contributed by atoms with Crippen molar-refractivity contribution in [2.75, 3.05) is 0 Å². The molecule has 1 aliphatic rings. The summed E-state index contributed by atoms with van der Waals surface area (Å²) in [6, 6.07) is 16.1. The van der Waals surface area contributed by atoms with Crippen molar-refractivity contribution in [2.24, 2.45) is 0 Å². The van der Waals surface area contributed by atoms with Crippen LogP contribution in [0, 0.1) is 11.3 Å². The first-order valence-electron chi connectivity index (χ1n) is 8.25. The Morgan fingerprint density at radius 2 is 2.04 bits per heavy atom. The molecule has 3 rings (SSSR count). The van der Waals surface area contributed by atoms with Crippen LogP contribution in [0.15, 0.2) is 48.5 Å². The van der Waals surface area contributed by atoms with E-state index in [1.807, 2.05) is 44.2 Å². The van der Waals surface area contributed by atoms with E-state index in [4.69, 9.17) is 26.3 Å². The molecule has 0 bridgehead atoms. The van der Waals surface area contributed by atoms with Crippen LogP contribution in [0.1, 0.15) is 35.9 Å². The minimum absolute atomic E-state index is 0.169. The summed E-state index contributed by atoms with van der Waals surface area (Å²) in [6.45, 7) is 3.88. The number of alkyl carbamates (subject to hydrolysis) is 1. The number of carbonyl (C=O) groups is 1. The van der Waals surface area contributed by atoms with Crippen LogP contribution in [0.5, 0.6) is 5.75 Å². The van der Waals surface area contributed by atoms with Gasteiger partial charge in [-0.1, -0.05) is 30.3 Å². The van der Waals surface area contributed by atoms with Crippen molar-refractivity contribution in [3.05, 3.63) is 65.2 Å². The van der Waals surface area contributed by atoms with Crippen molar-refractivity contribution in [1.82, 2.24) is 5.32 Å². The fourth-order valence-electron chi connectivity index (χ4n) is 2.94. The topological polar surface area (TPSA) is 71.3 Å². The Balaban J connectivity index is 1.73. The molecule has 0 unspecified atom stereocenters. The number of alkyl halides is 1. The third-order valence-corrected chi connectivity index (χ3v) is 4.82. The minimum atomic E-state index is -0.737. The minimum Gasteiger partial charge on any atom is -0.485 e. The highest BCUT2D eigenvalue weighted by molar-refractivity contribution is 6.21. The first kappa shape index (κ1) is 18.1. The molecule has 5 nitrogen and oxygen atoms in total. The molecule has 1 aliphatic heterocycles. The van der Waals surface area contributed by atoms with Crippen molar-refractivity contribution >= 4 is 17.7 Å². The van der Waals surface area contributed by atoms with Gasteiger partial charge in [-0.3, -0.25) is 0 Å². The maximum absolute atomic E-state index is 12.3. The van der Waals surface area contributed by atoms with E-state index in [0.717, 1.165) is 5.56 Å². The standard InChI is InChI=1S/C20H19ClN2O3/c1-20(2)18(23-19(24)25-12-13-6-4-3-5-7-13)17(21)15-10-14(11-22)8-9-16(15)26-20/h3-10,17-18H,12H2,1-2H3,(H,23,24)/t17-,18+/m1/s1. The summed E-state index contributed by atoms with van der Waals surface area (Å²) in [5.41, 5.74) is 1.33. The van der Waals surface area contributed by atoms with E-state index < -0.39 is 23.1 Å². The van der Waals surface area contributed by atoms with E-state index >= 15 is 0 Å². The normalized spacial score (nSPS) is 20.2. The number of halogens is 1. The number of fused-ring (bicyclic) bond motifs is 1. The summed E-state index contributed by atoms with van der Waals surface area (Å²) in [4.78, 5) is 12.3. The quantitative estimate of drug-likeness (QED) is 0.817. The monoisotopic (exact) mass is 370 g/mol. The predicted molar refractivity (Wildman–Crippen MR) is 98.0 cm³/mol. The van der Waals surface area contributed by atoms with Crippen molar-refractivity contribution in [1.29, 1.82) is 5.26 Å². The van der Waals surface area contributed by atoms with Crippen molar-refractivity contribution in [3.8, 4) is 11.8 Å². The lowest BCUT2D eigenvalue weighted by molar-refractivity contribution is 0.0409. The molecule has 134 valence electrons. The van der Waals surface area contributed by atoms with Gasteiger partial charge in [-0.05, 0) is 37.6 Å². The Hall–Kier alpha value is -2.71. The van der Waals surface area contributed by atoms with Crippen LogP contribution in [0.2, 0.25) is 0 Å². The summed E-state index contributed by atoms with van der Waals surface area (Å²) >= 11 is 6.63. The number of benzene rings is 2. The van der Waals surface area contributed by atoms with Crippen LogP contribution >= 0.6 is 11.6 Å². The van der Waals surface area contributed by atoms with Gasteiger partial charge < -0.3 is 14.8 Å². The van der Waals surface area contributed by atoms with Crippen LogP contribution < -0.4 is 10.1 Å². The number of ether oxygens (including phenoxy) is 2. The van der Waals surface area contributed by atoms with E-state index in [9.17, 15) is 4.79 Å². The second kappa shape index (κ2) is 7.27. The van der Waals surface area contributed by atoms with Crippen molar-refractivity contribution < 1.29 is 14.3 Å². The first-order valence-corrected chi connectivity index (χ1v) is 8.69. The number of nitrogens with zero attached hydrogens (tertiary/aromatic N) is 1. The third kappa shape index (κ3) is 3.76. The second-order valence-corrected chi connectivity index (χ2v) is 7.13. The Bertz CT molecular complexity index is 846. The highest BCUT2D eigenvalue weighted by Gasteiger charge is 2.44. The second-order valence-electron chi connectivity index (χ2n) is 6.66. The van der Waals surface area contributed by atoms with Crippen LogP contribution in [0.4, 0.5) is 4.79 Å². The number of rotatable bonds is 3. The molecule has 2 aromatic carbocycles. The Morgan fingerprint density at radius 1 is 1.31 bits per heavy atom. The summed E-state index contributed by atoms with van der Waals surface area (Å²) in [6.07, 6.45) is -0.568. The van der Waals surface area contributed by atoms with Gasteiger partial charge in [0.1, 0.15) is 18.0 Å². The molecule has 0 fully saturated rings. The van der Waals surface area contributed by atoms with E-state index in [2.05, 4.69) is 11.4 Å². The SMILES string of the molecule is CC1(C)Oc2ccc(C#N)cc2[C@@H](Cl)[C@@H]1NC(=O)OCc1ccccc1. The molecule has 2 aromatic rings. The van der Waals surface area contributed by atoms with Gasteiger partial charge in [0.25, 0.3) is 0 Å². The van der Waals surface area contributed by atoms with Gasteiger partial charge in [0, 0.05) is 5.56 Å². The third-order valence-electron chi connectivity index (χ3n) is 4.34. The van der Waals surface area contributed by atoms with E-state index in [1.165, 1.54) is 0 Å². The molecule has 26 heavy (non-hydrogen) atoms. The molecule has 2 atom stereocenters. The van der Waals surface area contributed by atoms with Gasteiger partial charge in [0.2, 0.25) is 0 Å². The average Bonchev–Trinajstić information content (AvgIpc) is 2.64. The highest BCUT2D eigenvalue weighted by atomic mass is 35.5. The fourth-order valence-corrected chi connectivity index (χ4v) is 3.48. The summed E-state index contributed by atoms with van der Waals surface area (Å²) < 4.78 is 11.3. The molecule has 0 saturated carbocycles. The van der Waals surface area contributed by atoms with Gasteiger partial charge in [0.15, 0.2) is 0 Å². The molecule has 0 aromatic heterocycles. The highest BCUT2D eigenvalue weighted by Crippen LogP contribution is 2.43. The maximum atomic E-state index is 12.3. The predicted octanol–water partition coefficient (Wildman–Crippen LogP) is 4.30. The number of carbonyl (C=O) groups excluding carboxylic acids is 1. The van der Waals surface area contributed by atoms with E-state index in [0.29, 0.717) is 16.9 Å². The number of hydrogen-bond acceptors (Lipinski definition) is 4. The van der Waals surface area contributed by atoms with Crippen LogP contribution in [0.3, 0.4) is 0 Å². The molecule has 1 amide bonds. The van der Waals surface area contributed by atoms with Crippen LogP contribution in [-0.4, -0.2) is 17.7 Å². The number of nitrogens with one attached hydrogen (secondary N) is 1. The lowest BCUT2D eigenvalue weighted by Crippen LogP contribution is -2.56. The summed E-state index contributed by atoms with van der Waals surface area (Å²) in [7, 11) is 0. The van der Waals surface area contributed by atoms with Crippen LogP contribution in [0.25, 0.3) is 0 Å². The van der Waals surface area contributed by atoms with Gasteiger partial charge in [-0.2, -0.15) is 5.26 Å². The van der Waals surface area contributed by atoms with Gasteiger partial charge in [-0.15, -0.1) is 11.6 Å². The Labute approximate surface area is 157 Å². The molecule has 0 saturated heterocycles. The van der Waals surface area contributed by atoms with Crippen LogP contribution in [-0.2, 0) is 11.3 Å². The first-order chi connectivity index (χ1) is 12.4. The molecule has 0 aliphatic carbocycles. The fraction of sp³-hybridized carbons (Fsp3) is 0.300. The molecule has 1 heterocycles. The zero-order valence-corrected chi connectivity index (χ0v) is 15.3. The number of amides is 1. The molecule has 0 spiro atoms. The number of hydrogen-bond donors (Lipinski definition) is 1. The Morgan fingerprint density at radius 3 is 2.73 bits per heavy atom. The summed E-state index contributed by atoms with van der Waals surface area (Å²) in [5.74, 6) is 0.615. The van der Waals surface area contributed by atoms with Gasteiger partial charge >= 0.3 is 6.09 Å². The average molecular weight is 371 g/mol. The smallest absolute Gasteiger partial charge is 0.407 e. The summed E-state index contributed by atoms with van der Waals surface area (Å²) in [5, 5.41) is 11.4.